The number of rotatable bonds is 3. The Morgan fingerprint density at radius 1 is 1.20 bits per heavy atom. The first-order valence-corrected chi connectivity index (χ1v) is 8.27. The molecule has 1 N–H and O–H groups in total. The lowest BCUT2D eigenvalue weighted by Gasteiger charge is -2.39. The Balaban J connectivity index is 2.06. The van der Waals surface area contributed by atoms with Gasteiger partial charge in [0.25, 0.3) is 5.91 Å². The van der Waals surface area contributed by atoms with E-state index in [1.807, 2.05) is 0 Å². The zero-order chi connectivity index (χ0) is 18.4. The van der Waals surface area contributed by atoms with Crippen LogP contribution in [-0.2, 0) is 11.3 Å². The van der Waals surface area contributed by atoms with Crippen molar-refractivity contribution in [2.45, 2.75) is 26.0 Å². The molecule has 0 radical (unpaired) electrons. The first kappa shape index (κ1) is 17.6. The first-order valence-electron chi connectivity index (χ1n) is 7.51. The van der Waals surface area contributed by atoms with Crippen molar-refractivity contribution in [3.8, 4) is 5.75 Å². The molecule has 5 nitrogen and oxygen atoms in total. The van der Waals surface area contributed by atoms with E-state index in [2.05, 4.69) is 0 Å². The summed E-state index contributed by atoms with van der Waals surface area (Å²) in [5, 5.41) is 10.1. The number of anilines is 1. The van der Waals surface area contributed by atoms with Gasteiger partial charge >= 0.3 is 5.97 Å². The van der Waals surface area contributed by atoms with Crippen LogP contribution in [0.4, 0.5) is 5.69 Å². The Labute approximate surface area is 154 Å². The SMILES string of the molecule is CC1(C)Oc2cc(C(=O)O)ccc2N(Cc2ccc(Cl)cc2Cl)C1=O. The molecule has 0 atom stereocenters. The summed E-state index contributed by atoms with van der Waals surface area (Å²) < 4.78 is 5.73. The number of amides is 1. The van der Waals surface area contributed by atoms with Crippen molar-refractivity contribution in [3.05, 3.63) is 57.6 Å². The van der Waals surface area contributed by atoms with Crippen LogP contribution in [0, 0.1) is 0 Å². The Morgan fingerprint density at radius 2 is 1.92 bits per heavy atom. The molecule has 1 heterocycles. The largest absolute Gasteiger partial charge is 0.478 e. The minimum absolute atomic E-state index is 0.0911. The molecule has 130 valence electrons. The van der Waals surface area contributed by atoms with Gasteiger partial charge in [0.1, 0.15) is 5.75 Å². The maximum absolute atomic E-state index is 12.8. The second-order valence-corrected chi connectivity index (χ2v) is 7.07. The number of carboxylic acid groups (broad SMARTS) is 1. The van der Waals surface area contributed by atoms with Crippen molar-refractivity contribution in [1.29, 1.82) is 0 Å². The lowest BCUT2D eigenvalue weighted by atomic mass is 10.0. The number of carbonyl (C=O) groups excluding carboxylic acids is 1. The van der Waals surface area contributed by atoms with Gasteiger partial charge in [-0.15, -0.1) is 0 Å². The predicted molar refractivity (Wildman–Crippen MR) is 95.8 cm³/mol. The number of aromatic carboxylic acids is 1. The van der Waals surface area contributed by atoms with E-state index in [0.717, 1.165) is 5.56 Å². The van der Waals surface area contributed by atoms with E-state index >= 15 is 0 Å². The fourth-order valence-corrected chi connectivity index (χ4v) is 3.15. The van der Waals surface area contributed by atoms with Crippen molar-refractivity contribution in [3.63, 3.8) is 0 Å². The molecule has 7 heteroatoms. The molecule has 0 aliphatic carbocycles. The fourth-order valence-electron chi connectivity index (χ4n) is 2.68. The summed E-state index contributed by atoms with van der Waals surface area (Å²) in [5.41, 5.74) is 0.197. The van der Waals surface area contributed by atoms with Crippen LogP contribution in [0.2, 0.25) is 10.0 Å². The highest BCUT2D eigenvalue weighted by molar-refractivity contribution is 6.35. The number of ether oxygens (including phenoxy) is 1. The molecule has 0 saturated carbocycles. The number of halogens is 2. The molecule has 0 saturated heterocycles. The Kier molecular flexibility index (Phi) is 4.39. The van der Waals surface area contributed by atoms with Gasteiger partial charge < -0.3 is 14.7 Å². The fraction of sp³-hybridized carbons (Fsp3) is 0.222. The Bertz CT molecular complexity index is 879. The van der Waals surface area contributed by atoms with Crippen molar-refractivity contribution in [1.82, 2.24) is 0 Å². The zero-order valence-electron chi connectivity index (χ0n) is 13.5. The molecule has 1 aliphatic rings. The molecule has 3 rings (SSSR count). The van der Waals surface area contributed by atoms with Crippen molar-refractivity contribution in [2.24, 2.45) is 0 Å². The summed E-state index contributed by atoms with van der Waals surface area (Å²) in [6.07, 6.45) is 0. The van der Waals surface area contributed by atoms with Crippen LogP contribution in [0.3, 0.4) is 0 Å². The average molecular weight is 380 g/mol. The smallest absolute Gasteiger partial charge is 0.335 e. The highest BCUT2D eigenvalue weighted by Crippen LogP contribution is 2.39. The summed E-state index contributed by atoms with van der Waals surface area (Å²) in [6, 6.07) is 9.49. The predicted octanol–water partition coefficient (Wildman–Crippen LogP) is 4.40. The van der Waals surface area contributed by atoms with Crippen LogP contribution < -0.4 is 9.64 Å². The van der Waals surface area contributed by atoms with Crippen LogP contribution >= 0.6 is 23.2 Å². The lowest BCUT2D eigenvalue weighted by molar-refractivity contribution is -0.132. The molecular formula is C18H15Cl2NO4. The van der Waals surface area contributed by atoms with E-state index in [-0.39, 0.29) is 18.0 Å². The Hall–Kier alpha value is -2.24. The number of carboxylic acids is 1. The van der Waals surface area contributed by atoms with Crippen LogP contribution in [0.5, 0.6) is 5.75 Å². The van der Waals surface area contributed by atoms with Crippen molar-refractivity contribution in [2.75, 3.05) is 4.90 Å². The van der Waals surface area contributed by atoms with Gasteiger partial charge in [-0.25, -0.2) is 4.79 Å². The van der Waals surface area contributed by atoms with E-state index in [1.165, 1.54) is 12.1 Å². The molecule has 2 aromatic carbocycles. The quantitative estimate of drug-likeness (QED) is 0.858. The van der Waals surface area contributed by atoms with Gasteiger partial charge in [0.15, 0.2) is 5.60 Å². The second-order valence-electron chi connectivity index (χ2n) is 6.23. The molecule has 25 heavy (non-hydrogen) atoms. The molecule has 0 spiro atoms. The van der Waals surface area contributed by atoms with E-state index in [4.69, 9.17) is 33.0 Å². The van der Waals surface area contributed by atoms with E-state index in [1.54, 1.807) is 43.0 Å². The minimum Gasteiger partial charge on any atom is -0.478 e. The normalized spacial score (nSPS) is 15.5. The first-order chi connectivity index (χ1) is 11.7. The van der Waals surface area contributed by atoms with E-state index < -0.39 is 11.6 Å². The van der Waals surface area contributed by atoms with Crippen LogP contribution in [0.1, 0.15) is 29.8 Å². The van der Waals surface area contributed by atoms with E-state index in [9.17, 15) is 9.59 Å². The van der Waals surface area contributed by atoms with Gasteiger partial charge in [-0.3, -0.25) is 4.79 Å². The third kappa shape index (κ3) is 3.30. The highest BCUT2D eigenvalue weighted by atomic mass is 35.5. The minimum atomic E-state index is -1.12. The molecule has 1 amide bonds. The zero-order valence-corrected chi connectivity index (χ0v) is 15.1. The number of hydrogen-bond acceptors (Lipinski definition) is 3. The monoisotopic (exact) mass is 379 g/mol. The summed E-state index contributed by atoms with van der Waals surface area (Å²) >= 11 is 12.2. The van der Waals surface area contributed by atoms with Crippen LogP contribution in [-0.4, -0.2) is 22.6 Å². The van der Waals surface area contributed by atoms with Crippen molar-refractivity contribution >= 4 is 40.8 Å². The number of nitrogens with zero attached hydrogens (tertiary/aromatic N) is 1. The summed E-state index contributed by atoms with van der Waals surface area (Å²) in [5.74, 6) is -0.961. The molecule has 2 aromatic rings. The maximum atomic E-state index is 12.8. The molecule has 0 unspecified atom stereocenters. The van der Waals surface area contributed by atoms with Gasteiger partial charge in [0.05, 0.1) is 17.8 Å². The van der Waals surface area contributed by atoms with Crippen molar-refractivity contribution < 1.29 is 19.4 Å². The summed E-state index contributed by atoms with van der Waals surface area (Å²) in [7, 11) is 0. The van der Waals surface area contributed by atoms with Gasteiger partial charge in [-0.05, 0) is 49.7 Å². The molecule has 1 aliphatic heterocycles. The molecule has 0 aromatic heterocycles. The van der Waals surface area contributed by atoms with Gasteiger partial charge in [0, 0.05) is 10.0 Å². The van der Waals surface area contributed by atoms with Crippen LogP contribution in [0.15, 0.2) is 36.4 Å². The van der Waals surface area contributed by atoms with Crippen LogP contribution in [0.25, 0.3) is 0 Å². The van der Waals surface area contributed by atoms with Gasteiger partial charge in [0.2, 0.25) is 0 Å². The van der Waals surface area contributed by atoms with Gasteiger partial charge in [-0.2, -0.15) is 0 Å². The third-order valence-electron chi connectivity index (χ3n) is 3.97. The van der Waals surface area contributed by atoms with Gasteiger partial charge in [-0.1, -0.05) is 29.3 Å². The Morgan fingerprint density at radius 3 is 2.56 bits per heavy atom. The number of hydrogen-bond donors (Lipinski definition) is 1. The highest BCUT2D eigenvalue weighted by Gasteiger charge is 2.41. The lowest BCUT2D eigenvalue weighted by Crippen LogP contribution is -2.52. The molecule has 0 fully saturated rings. The third-order valence-corrected chi connectivity index (χ3v) is 4.55. The summed E-state index contributed by atoms with van der Waals surface area (Å²) in [4.78, 5) is 25.6. The molecule has 0 bridgehead atoms. The second kappa shape index (κ2) is 6.24. The van der Waals surface area contributed by atoms with E-state index in [0.29, 0.717) is 21.5 Å². The number of carbonyl (C=O) groups is 2. The maximum Gasteiger partial charge on any atom is 0.335 e. The average Bonchev–Trinajstić information content (AvgIpc) is 2.52. The topological polar surface area (TPSA) is 66.8 Å². The molecular weight excluding hydrogens is 365 g/mol. The standard InChI is InChI=1S/C18H15Cl2NO4/c1-18(2)17(24)21(9-11-3-5-12(19)8-13(11)20)14-6-4-10(16(22)23)7-15(14)25-18/h3-8H,9H2,1-2H3,(H,22,23). The number of fused-ring (bicyclic) bond motifs is 1. The summed E-state index contributed by atoms with van der Waals surface area (Å²) in [6.45, 7) is 3.51. The number of benzene rings is 2.